The summed E-state index contributed by atoms with van der Waals surface area (Å²) in [5.74, 6) is 1.31. The molecule has 1 atom stereocenters. The van der Waals surface area contributed by atoms with Crippen LogP contribution >= 0.6 is 11.3 Å². The smallest absolute Gasteiger partial charge is 0.410 e. The lowest BCUT2D eigenvalue weighted by Crippen LogP contribution is -2.30. The van der Waals surface area contributed by atoms with Gasteiger partial charge in [0.15, 0.2) is 11.2 Å². The van der Waals surface area contributed by atoms with Gasteiger partial charge >= 0.3 is 6.09 Å². The van der Waals surface area contributed by atoms with E-state index in [1.54, 1.807) is 19.1 Å². The summed E-state index contributed by atoms with van der Waals surface area (Å²) in [6, 6.07) is 9.28. The Bertz CT molecular complexity index is 1400. The standard InChI is InChI=1S/C22H21N5O5S/c1-11(19(23)28)32-13-9-15-18-16(10-13)31-7-3-2-6-27(18)20(24-15)12-4-5-14-17(8-12)33-21(25-14)26-22(29)30/h4-5,8-11H,2-3,6-7H2,1H3,(H2,23,28)(H,25,26)(H,29,30). The quantitative estimate of drug-likeness (QED) is 0.405. The highest BCUT2D eigenvalue weighted by Crippen LogP contribution is 2.38. The molecule has 2 aromatic heterocycles. The van der Waals surface area contributed by atoms with Crippen LogP contribution in [0, 0.1) is 0 Å². The van der Waals surface area contributed by atoms with Gasteiger partial charge < -0.3 is 24.9 Å². The molecule has 0 bridgehead atoms. The fourth-order valence-corrected chi connectivity index (χ4v) is 4.74. The van der Waals surface area contributed by atoms with E-state index >= 15 is 0 Å². The average molecular weight is 468 g/mol. The van der Waals surface area contributed by atoms with Crippen molar-refractivity contribution in [1.29, 1.82) is 0 Å². The van der Waals surface area contributed by atoms with Crippen LogP contribution in [0.2, 0.25) is 0 Å². The van der Waals surface area contributed by atoms with Crippen molar-refractivity contribution in [2.45, 2.75) is 32.4 Å². The topological polar surface area (TPSA) is 142 Å². The summed E-state index contributed by atoms with van der Waals surface area (Å²) in [6.45, 7) is 2.95. The number of rotatable bonds is 5. The number of hydrogen-bond acceptors (Lipinski definition) is 7. The Balaban J connectivity index is 1.63. The average Bonchev–Trinajstić information content (AvgIpc) is 3.30. The van der Waals surface area contributed by atoms with E-state index in [-0.39, 0.29) is 0 Å². The van der Waals surface area contributed by atoms with E-state index in [2.05, 4.69) is 14.9 Å². The third-order valence-electron chi connectivity index (χ3n) is 5.39. The van der Waals surface area contributed by atoms with Crippen LogP contribution in [0.4, 0.5) is 9.93 Å². The molecule has 2 aromatic carbocycles. The maximum atomic E-state index is 11.4. The van der Waals surface area contributed by atoms with Gasteiger partial charge in [0.1, 0.15) is 22.8 Å². The molecular weight excluding hydrogens is 446 g/mol. The number of imidazole rings is 1. The SMILES string of the molecule is CC(Oc1cc2c3c(c1)nc(-c1ccc4nc(NC(=O)O)sc4c1)n3CCCCO2)C(N)=O. The number of carbonyl (C=O) groups is 2. The van der Waals surface area contributed by atoms with Crippen LogP contribution in [0.15, 0.2) is 30.3 Å². The number of aromatic nitrogens is 3. The minimum atomic E-state index is -1.15. The summed E-state index contributed by atoms with van der Waals surface area (Å²) in [4.78, 5) is 31.6. The van der Waals surface area contributed by atoms with Crippen LogP contribution < -0.4 is 20.5 Å². The lowest BCUT2D eigenvalue weighted by molar-refractivity contribution is -0.123. The molecule has 4 aromatic rings. The van der Waals surface area contributed by atoms with Crippen LogP contribution in [-0.4, -0.2) is 44.4 Å². The van der Waals surface area contributed by atoms with Gasteiger partial charge in [0.2, 0.25) is 0 Å². The molecule has 0 saturated heterocycles. The third kappa shape index (κ3) is 4.02. The molecule has 0 spiro atoms. The van der Waals surface area contributed by atoms with Crippen molar-refractivity contribution in [1.82, 2.24) is 14.5 Å². The molecule has 1 unspecified atom stereocenters. The first kappa shape index (κ1) is 21.0. The predicted octanol–water partition coefficient (Wildman–Crippen LogP) is 3.83. The molecule has 1 aliphatic heterocycles. The molecule has 5 rings (SSSR count). The van der Waals surface area contributed by atoms with Gasteiger partial charge in [0.25, 0.3) is 5.91 Å². The Hall–Kier alpha value is -3.86. The molecule has 33 heavy (non-hydrogen) atoms. The summed E-state index contributed by atoms with van der Waals surface area (Å²) in [6.07, 6.45) is -0.113. The number of primary amides is 1. The number of ether oxygens (including phenoxy) is 2. The molecule has 4 N–H and O–H groups in total. The Morgan fingerprint density at radius 3 is 2.88 bits per heavy atom. The number of aryl methyl sites for hydroxylation is 1. The molecule has 0 radical (unpaired) electrons. The summed E-state index contributed by atoms with van der Waals surface area (Å²) >= 11 is 1.26. The Labute approximate surface area is 191 Å². The number of benzene rings is 2. The minimum Gasteiger partial charge on any atom is -0.491 e. The molecule has 170 valence electrons. The van der Waals surface area contributed by atoms with E-state index < -0.39 is 18.1 Å². The molecule has 0 fully saturated rings. The molecule has 0 aliphatic carbocycles. The first-order valence-corrected chi connectivity index (χ1v) is 11.2. The molecule has 11 heteroatoms. The van der Waals surface area contributed by atoms with Crippen LogP contribution in [0.1, 0.15) is 19.8 Å². The Morgan fingerprint density at radius 1 is 1.24 bits per heavy atom. The fourth-order valence-electron chi connectivity index (χ4n) is 3.85. The highest BCUT2D eigenvalue weighted by molar-refractivity contribution is 7.22. The van der Waals surface area contributed by atoms with Gasteiger partial charge in [0, 0.05) is 24.2 Å². The van der Waals surface area contributed by atoms with Crippen molar-refractivity contribution < 1.29 is 24.2 Å². The van der Waals surface area contributed by atoms with E-state index in [1.807, 2.05) is 18.2 Å². The van der Waals surface area contributed by atoms with Gasteiger partial charge in [-0.3, -0.25) is 10.1 Å². The molecular formula is C22H21N5O5S. The van der Waals surface area contributed by atoms with Gasteiger partial charge in [-0.25, -0.2) is 14.8 Å². The third-order valence-corrected chi connectivity index (χ3v) is 6.32. The van der Waals surface area contributed by atoms with Gasteiger partial charge in [0.05, 0.1) is 22.3 Å². The van der Waals surface area contributed by atoms with Crippen molar-refractivity contribution in [3.8, 4) is 22.9 Å². The number of nitrogens with one attached hydrogen (secondary N) is 1. The first-order valence-electron chi connectivity index (χ1n) is 10.4. The first-order chi connectivity index (χ1) is 15.9. The highest BCUT2D eigenvalue weighted by Gasteiger charge is 2.21. The molecule has 0 saturated carbocycles. The van der Waals surface area contributed by atoms with E-state index in [0.29, 0.717) is 34.3 Å². The van der Waals surface area contributed by atoms with Gasteiger partial charge in [-0.1, -0.05) is 11.3 Å². The van der Waals surface area contributed by atoms with Gasteiger partial charge in [-0.2, -0.15) is 0 Å². The van der Waals surface area contributed by atoms with Crippen LogP contribution in [0.5, 0.6) is 11.5 Å². The normalized spacial score (nSPS) is 14.3. The number of hydrogen-bond donors (Lipinski definition) is 3. The zero-order valence-corrected chi connectivity index (χ0v) is 18.5. The van der Waals surface area contributed by atoms with Crippen LogP contribution in [0.25, 0.3) is 32.6 Å². The van der Waals surface area contributed by atoms with E-state index in [0.717, 1.165) is 41.0 Å². The summed E-state index contributed by atoms with van der Waals surface area (Å²) in [5, 5.41) is 11.6. The van der Waals surface area contributed by atoms with Crippen LogP contribution in [-0.2, 0) is 11.3 Å². The number of thiazole rings is 1. The van der Waals surface area contributed by atoms with Crippen molar-refractivity contribution >= 4 is 49.7 Å². The van der Waals surface area contributed by atoms with Crippen molar-refractivity contribution in [2.75, 3.05) is 11.9 Å². The second-order valence-corrected chi connectivity index (χ2v) is 8.76. The zero-order valence-electron chi connectivity index (χ0n) is 17.7. The van der Waals surface area contributed by atoms with Crippen molar-refractivity contribution in [3.63, 3.8) is 0 Å². The second kappa shape index (κ2) is 8.24. The zero-order chi connectivity index (χ0) is 23.1. The maximum Gasteiger partial charge on any atom is 0.410 e. The maximum absolute atomic E-state index is 11.4. The summed E-state index contributed by atoms with van der Waals surface area (Å²) in [7, 11) is 0. The number of nitrogens with zero attached hydrogens (tertiary/aromatic N) is 3. The number of carbonyl (C=O) groups excluding carboxylic acids is 1. The van der Waals surface area contributed by atoms with E-state index in [9.17, 15) is 9.59 Å². The lowest BCUT2D eigenvalue weighted by atomic mass is 10.2. The number of carboxylic acid groups (broad SMARTS) is 1. The summed E-state index contributed by atoms with van der Waals surface area (Å²) < 4.78 is 14.7. The van der Waals surface area contributed by atoms with Gasteiger partial charge in [-0.15, -0.1) is 0 Å². The molecule has 3 heterocycles. The molecule has 10 nitrogen and oxygen atoms in total. The number of amides is 2. The van der Waals surface area contributed by atoms with Crippen molar-refractivity contribution in [2.24, 2.45) is 5.73 Å². The summed E-state index contributed by atoms with van der Waals surface area (Å²) in [5.41, 5.74) is 8.48. The monoisotopic (exact) mass is 467 g/mol. The number of nitrogens with two attached hydrogens (primary N) is 1. The second-order valence-electron chi connectivity index (χ2n) is 7.73. The predicted molar refractivity (Wildman–Crippen MR) is 124 cm³/mol. The molecule has 2 amide bonds. The number of anilines is 1. The highest BCUT2D eigenvalue weighted by atomic mass is 32.1. The molecule has 1 aliphatic rings. The van der Waals surface area contributed by atoms with E-state index in [1.165, 1.54) is 11.3 Å². The van der Waals surface area contributed by atoms with Crippen molar-refractivity contribution in [3.05, 3.63) is 30.3 Å². The van der Waals surface area contributed by atoms with Crippen LogP contribution in [0.3, 0.4) is 0 Å². The fraction of sp³-hybridized carbons (Fsp3) is 0.273. The largest absolute Gasteiger partial charge is 0.491 e. The minimum absolute atomic E-state index is 0.318. The Morgan fingerprint density at radius 2 is 2.09 bits per heavy atom. The number of fused-ring (bicyclic) bond motifs is 1. The lowest BCUT2D eigenvalue weighted by Gasteiger charge is -2.18. The van der Waals surface area contributed by atoms with E-state index in [4.69, 9.17) is 25.3 Å². The Kier molecular flexibility index (Phi) is 5.25. The van der Waals surface area contributed by atoms with Gasteiger partial charge in [-0.05, 0) is 38.0 Å².